The van der Waals surface area contributed by atoms with Crippen molar-refractivity contribution in [2.24, 2.45) is 0 Å². The van der Waals surface area contributed by atoms with Crippen molar-refractivity contribution in [2.45, 2.75) is 19.4 Å². The van der Waals surface area contributed by atoms with Crippen LogP contribution in [0.5, 0.6) is 0 Å². The molecular formula is C16H18N2O4S. The van der Waals surface area contributed by atoms with Gasteiger partial charge in [-0.1, -0.05) is 6.07 Å². The number of sulfonamides is 1. The van der Waals surface area contributed by atoms with Crippen LogP contribution in [0.3, 0.4) is 0 Å². The van der Waals surface area contributed by atoms with Gasteiger partial charge in [-0.3, -0.25) is 9.10 Å². The van der Waals surface area contributed by atoms with Crippen LogP contribution in [-0.2, 0) is 16.6 Å². The quantitative estimate of drug-likeness (QED) is 0.929. The number of nitrogens with zero attached hydrogens (tertiary/aromatic N) is 1. The molecule has 23 heavy (non-hydrogen) atoms. The second-order valence-corrected chi connectivity index (χ2v) is 7.42. The van der Waals surface area contributed by atoms with Gasteiger partial charge in [-0.25, -0.2) is 8.42 Å². The fourth-order valence-corrected chi connectivity index (χ4v) is 4.20. The third-order valence-corrected chi connectivity index (χ3v) is 5.62. The van der Waals surface area contributed by atoms with Gasteiger partial charge in [0, 0.05) is 12.1 Å². The summed E-state index contributed by atoms with van der Waals surface area (Å²) in [5, 5.41) is 2.75. The summed E-state index contributed by atoms with van der Waals surface area (Å²) in [4.78, 5) is 12.2. The molecule has 0 bridgehead atoms. The minimum atomic E-state index is -3.28. The van der Waals surface area contributed by atoms with Crippen molar-refractivity contribution in [1.29, 1.82) is 0 Å². The summed E-state index contributed by atoms with van der Waals surface area (Å²) >= 11 is 0. The summed E-state index contributed by atoms with van der Waals surface area (Å²) in [7, 11) is -3.28. The monoisotopic (exact) mass is 334 g/mol. The van der Waals surface area contributed by atoms with Crippen molar-refractivity contribution < 1.29 is 17.6 Å². The maximum Gasteiger partial charge on any atom is 0.251 e. The first-order valence-electron chi connectivity index (χ1n) is 7.47. The summed E-state index contributed by atoms with van der Waals surface area (Å²) < 4.78 is 30.9. The lowest BCUT2D eigenvalue weighted by Crippen LogP contribution is -2.38. The zero-order valence-electron chi connectivity index (χ0n) is 12.6. The number of amides is 1. The van der Waals surface area contributed by atoms with E-state index < -0.39 is 10.0 Å². The first-order chi connectivity index (χ1) is 11.1. The molecule has 1 aliphatic rings. The molecule has 1 saturated heterocycles. The Morgan fingerprint density at radius 2 is 2.09 bits per heavy atom. The highest BCUT2D eigenvalue weighted by atomic mass is 32.2. The molecule has 0 spiro atoms. The number of rotatable bonds is 4. The lowest BCUT2D eigenvalue weighted by Gasteiger charge is -2.28. The van der Waals surface area contributed by atoms with E-state index in [0.717, 1.165) is 6.42 Å². The average Bonchev–Trinajstić information content (AvgIpc) is 3.06. The fraction of sp³-hybridized carbons (Fsp3) is 0.312. The Bertz CT molecular complexity index is 784. The Morgan fingerprint density at radius 1 is 1.22 bits per heavy atom. The van der Waals surface area contributed by atoms with Gasteiger partial charge in [-0.05, 0) is 43.2 Å². The Balaban J connectivity index is 1.75. The normalized spacial score (nSPS) is 17.0. The molecule has 0 aliphatic carbocycles. The molecule has 122 valence electrons. The molecule has 1 aromatic carbocycles. The van der Waals surface area contributed by atoms with Crippen LogP contribution in [0.15, 0.2) is 47.1 Å². The van der Waals surface area contributed by atoms with Crippen LogP contribution in [0.1, 0.15) is 29.0 Å². The zero-order chi connectivity index (χ0) is 16.3. The third kappa shape index (κ3) is 3.56. The van der Waals surface area contributed by atoms with Crippen LogP contribution in [0, 0.1) is 0 Å². The number of furan rings is 1. The van der Waals surface area contributed by atoms with Gasteiger partial charge < -0.3 is 9.73 Å². The molecule has 1 aromatic heterocycles. The Kier molecular flexibility index (Phi) is 4.38. The molecule has 0 radical (unpaired) electrons. The maximum absolute atomic E-state index is 12.2. The van der Waals surface area contributed by atoms with E-state index in [1.165, 1.54) is 4.31 Å². The van der Waals surface area contributed by atoms with Gasteiger partial charge in [0.15, 0.2) is 0 Å². The van der Waals surface area contributed by atoms with E-state index in [-0.39, 0.29) is 18.2 Å². The van der Waals surface area contributed by atoms with Gasteiger partial charge in [0.2, 0.25) is 10.0 Å². The molecule has 1 aliphatic heterocycles. The number of hydrogen-bond acceptors (Lipinski definition) is 4. The smallest absolute Gasteiger partial charge is 0.251 e. The number of carbonyl (C=O) groups is 1. The first kappa shape index (κ1) is 15.6. The van der Waals surface area contributed by atoms with Gasteiger partial charge in [0.1, 0.15) is 5.76 Å². The molecule has 1 amide bonds. The lowest BCUT2D eigenvalue weighted by molar-refractivity contribution is 0.0948. The topological polar surface area (TPSA) is 79.6 Å². The van der Waals surface area contributed by atoms with Crippen LogP contribution in [0.4, 0.5) is 5.69 Å². The molecule has 0 saturated carbocycles. The molecule has 7 heteroatoms. The van der Waals surface area contributed by atoms with Crippen LogP contribution < -0.4 is 9.62 Å². The van der Waals surface area contributed by atoms with E-state index in [9.17, 15) is 13.2 Å². The van der Waals surface area contributed by atoms with Gasteiger partial charge >= 0.3 is 0 Å². The molecule has 2 heterocycles. The first-order valence-corrected chi connectivity index (χ1v) is 9.08. The number of nitrogens with one attached hydrogen (secondary N) is 1. The van der Waals surface area contributed by atoms with Crippen molar-refractivity contribution in [1.82, 2.24) is 5.32 Å². The maximum atomic E-state index is 12.2. The number of hydrogen-bond donors (Lipinski definition) is 1. The van der Waals surface area contributed by atoms with Crippen molar-refractivity contribution in [3.63, 3.8) is 0 Å². The third-order valence-electron chi connectivity index (χ3n) is 3.75. The van der Waals surface area contributed by atoms with Crippen LogP contribution >= 0.6 is 0 Å². The van der Waals surface area contributed by atoms with Gasteiger partial charge in [0.05, 0.1) is 24.2 Å². The van der Waals surface area contributed by atoms with Gasteiger partial charge in [-0.15, -0.1) is 0 Å². The van der Waals surface area contributed by atoms with Crippen molar-refractivity contribution >= 4 is 21.6 Å². The van der Waals surface area contributed by atoms with E-state index in [1.54, 1.807) is 42.7 Å². The zero-order valence-corrected chi connectivity index (χ0v) is 13.4. The molecular weight excluding hydrogens is 316 g/mol. The molecule has 6 nitrogen and oxygen atoms in total. The number of anilines is 1. The fourth-order valence-electron chi connectivity index (χ4n) is 2.56. The Labute approximate surface area is 135 Å². The van der Waals surface area contributed by atoms with E-state index in [4.69, 9.17) is 4.42 Å². The SMILES string of the molecule is O=C(NCc1ccco1)c1cccc(N2CCCCS2(=O)=O)c1. The average molecular weight is 334 g/mol. The molecule has 0 atom stereocenters. The number of benzene rings is 1. The molecule has 0 unspecified atom stereocenters. The summed E-state index contributed by atoms with van der Waals surface area (Å²) in [5.74, 6) is 0.549. The minimum absolute atomic E-state index is 0.155. The van der Waals surface area contributed by atoms with Gasteiger partial charge in [0.25, 0.3) is 5.91 Å². The molecule has 1 fully saturated rings. The molecule has 1 N–H and O–H groups in total. The minimum Gasteiger partial charge on any atom is -0.467 e. The predicted octanol–water partition coefficient (Wildman–Crippen LogP) is 2.14. The van der Waals surface area contributed by atoms with Crippen molar-refractivity contribution in [3.05, 3.63) is 54.0 Å². The Hall–Kier alpha value is -2.28. The predicted molar refractivity (Wildman–Crippen MR) is 86.7 cm³/mol. The highest BCUT2D eigenvalue weighted by Crippen LogP contribution is 2.24. The van der Waals surface area contributed by atoms with Gasteiger partial charge in [-0.2, -0.15) is 0 Å². The van der Waals surface area contributed by atoms with Crippen LogP contribution in [-0.4, -0.2) is 26.6 Å². The largest absolute Gasteiger partial charge is 0.467 e. The molecule has 2 aromatic rings. The number of carbonyl (C=O) groups excluding carboxylic acids is 1. The van der Waals surface area contributed by atoms with E-state index in [2.05, 4.69) is 5.32 Å². The highest BCUT2D eigenvalue weighted by molar-refractivity contribution is 7.92. The van der Waals surface area contributed by atoms with E-state index in [0.29, 0.717) is 30.0 Å². The van der Waals surface area contributed by atoms with E-state index >= 15 is 0 Å². The van der Waals surface area contributed by atoms with Crippen molar-refractivity contribution in [2.75, 3.05) is 16.6 Å². The summed E-state index contributed by atoms with van der Waals surface area (Å²) in [5.41, 5.74) is 0.963. The summed E-state index contributed by atoms with van der Waals surface area (Å²) in [6, 6.07) is 10.2. The van der Waals surface area contributed by atoms with Crippen molar-refractivity contribution in [3.8, 4) is 0 Å². The summed E-state index contributed by atoms with van der Waals surface area (Å²) in [6.07, 6.45) is 3.06. The highest BCUT2D eigenvalue weighted by Gasteiger charge is 2.26. The van der Waals surface area contributed by atoms with E-state index in [1.807, 2.05) is 0 Å². The summed E-state index contributed by atoms with van der Waals surface area (Å²) in [6.45, 7) is 0.748. The Morgan fingerprint density at radius 3 is 2.83 bits per heavy atom. The standard InChI is InChI=1S/C16H18N2O4S/c19-16(17-12-15-7-4-9-22-15)13-5-3-6-14(11-13)18-8-1-2-10-23(18,20)21/h3-7,9,11H,1-2,8,10,12H2,(H,17,19). The van der Waals surface area contributed by atoms with Crippen LogP contribution in [0.25, 0.3) is 0 Å². The lowest BCUT2D eigenvalue weighted by atomic mass is 10.2. The molecule has 3 rings (SSSR count). The second-order valence-electron chi connectivity index (χ2n) is 5.41. The second kappa shape index (κ2) is 6.45. The van der Waals surface area contributed by atoms with Crippen LogP contribution in [0.2, 0.25) is 0 Å².